The summed E-state index contributed by atoms with van der Waals surface area (Å²) < 4.78 is 5.32. The first-order chi connectivity index (χ1) is 13.5. The fourth-order valence-electron chi connectivity index (χ4n) is 2.46. The molecular weight excluding hydrogens is 402 g/mol. The SMILES string of the molecule is Cc1nc(NC(=O)c2ccccc2[N+](=O)[O-])sc1-c1nc(-c2cccs2)no1. The van der Waals surface area contributed by atoms with Crippen LogP contribution in [0.1, 0.15) is 16.1 Å². The minimum Gasteiger partial charge on any atom is -0.333 e. The van der Waals surface area contributed by atoms with Gasteiger partial charge in [0.25, 0.3) is 17.5 Å². The fraction of sp³-hybridized carbons (Fsp3) is 0.0588. The number of thiophene rings is 1. The van der Waals surface area contributed by atoms with Gasteiger partial charge in [-0.15, -0.1) is 11.3 Å². The van der Waals surface area contributed by atoms with Crippen molar-refractivity contribution in [2.45, 2.75) is 6.92 Å². The van der Waals surface area contributed by atoms with Gasteiger partial charge in [0.05, 0.1) is 15.5 Å². The smallest absolute Gasteiger partial charge is 0.282 e. The van der Waals surface area contributed by atoms with Crippen LogP contribution in [0.15, 0.2) is 46.3 Å². The summed E-state index contributed by atoms with van der Waals surface area (Å²) in [7, 11) is 0. The molecule has 0 radical (unpaired) electrons. The van der Waals surface area contributed by atoms with Crippen molar-refractivity contribution in [3.8, 4) is 21.5 Å². The molecule has 0 fully saturated rings. The van der Waals surface area contributed by atoms with Crippen molar-refractivity contribution in [3.63, 3.8) is 0 Å². The lowest BCUT2D eigenvalue weighted by Crippen LogP contribution is -2.13. The number of thiazole rings is 1. The average molecular weight is 413 g/mol. The maximum absolute atomic E-state index is 12.5. The molecule has 1 amide bonds. The molecule has 0 bridgehead atoms. The molecule has 140 valence electrons. The van der Waals surface area contributed by atoms with Crippen molar-refractivity contribution >= 4 is 39.4 Å². The number of nitro groups is 1. The van der Waals surface area contributed by atoms with E-state index in [9.17, 15) is 14.9 Å². The Bertz CT molecular complexity index is 1170. The number of hydrogen-bond donors (Lipinski definition) is 1. The van der Waals surface area contributed by atoms with E-state index in [1.807, 2.05) is 17.5 Å². The Morgan fingerprint density at radius 2 is 2.04 bits per heavy atom. The molecule has 1 N–H and O–H groups in total. The number of nitro benzene ring substituents is 1. The second-order valence-corrected chi connectivity index (χ2v) is 7.51. The highest BCUT2D eigenvalue weighted by molar-refractivity contribution is 7.19. The zero-order chi connectivity index (χ0) is 19.7. The first-order valence-electron chi connectivity index (χ1n) is 7.93. The molecule has 0 aliphatic carbocycles. The Kier molecular flexibility index (Phi) is 4.67. The van der Waals surface area contributed by atoms with E-state index >= 15 is 0 Å². The Morgan fingerprint density at radius 3 is 2.79 bits per heavy atom. The number of nitrogens with one attached hydrogen (secondary N) is 1. The Morgan fingerprint density at radius 1 is 1.21 bits per heavy atom. The molecule has 28 heavy (non-hydrogen) atoms. The molecule has 9 nitrogen and oxygen atoms in total. The lowest BCUT2D eigenvalue weighted by molar-refractivity contribution is -0.385. The summed E-state index contributed by atoms with van der Waals surface area (Å²) in [6, 6.07) is 9.51. The zero-order valence-corrected chi connectivity index (χ0v) is 15.9. The van der Waals surface area contributed by atoms with Crippen LogP contribution >= 0.6 is 22.7 Å². The molecule has 0 aliphatic heterocycles. The number of para-hydroxylation sites is 1. The topological polar surface area (TPSA) is 124 Å². The molecule has 0 atom stereocenters. The van der Waals surface area contributed by atoms with Crippen molar-refractivity contribution < 1.29 is 14.2 Å². The van der Waals surface area contributed by atoms with Crippen molar-refractivity contribution in [3.05, 3.63) is 63.1 Å². The van der Waals surface area contributed by atoms with Gasteiger partial charge in [0, 0.05) is 6.07 Å². The van der Waals surface area contributed by atoms with E-state index in [1.165, 1.54) is 29.5 Å². The first-order valence-corrected chi connectivity index (χ1v) is 9.62. The minimum atomic E-state index is -0.614. The number of amides is 1. The summed E-state index contributed by atoms with van der Waals surface area (Å²) in [6.45, 7) is 1.75. The molecule has 1 aromatic carbocycles. The number of rotatable bonds is 5. The van der Waals surface area contributed by atoms with E-state index in [0.717, 1.165) is 16.2 Å². The maximum Gasteiger partial charge on any atom is 0.282 e. The maximum atomic E-state index is 12.5. The lowest BCUT2D eigenvalue weighted by atomic mass is 10.1. The van der Waals surface area contributed by atoms with E-state index in [-0.39, 0.29) is 16.4 Å². The van der Waals surface area contributed by atoms with Gasteiger partial charge in [0.2, 0.25) is 5.82 Å². The largest absolute Gasteiger partial charge is 0.333 e. The zero-order valence-electron chi connectivity index (χ0n) is 14.3. The predicted octanol–water partition coefficient (Wildman–Crippen LogP) is 4.39. The average Bonchev–Trinajstić information content (AvgIpc) is 3.42. The number of benzene rings is 1. The van der Waals surface area contributed by atoms with E-state index in [0.29, 0.717) is 22.3 Å². The highest BCUT2D eigenvalue weighted by atomic mass is 32.1. The quantitative estimate of drug-likeness (QED) is 0.380. The van der Waals surface area contributed by atoms with E-state index in [1.54, 1.807) is 13.0 Å². The number of carbonyl (C=O) groups is 1. The van der Waals surface area contributed by atoms with E-state index in [4.69, 9.17) is 4.52 Å². The summed E-state index contributed by atoms with van der Waals surface area (Å²) in [6.07, 6.45) is 0. The van der Waals surface area contributed by atoms with Gasteiger partial charge in [0.1, 0.15) is 10.4 Å². The molecule has 3 heterocycles. The van der Waals surface area contributed by atoms with Crippen LogP contribution < -0.4 is 5.32 Å². The highest BCUT2D eigenvalue weighted by Crippen LogP contribution is 2.34. The molecule has 4 rings (SSSR count). The Hall–Kier alpha value is -3.44. The number of nitrogens with zero attached hydrogens (tertiary/aromatic N) is 4. The van der Waals surface area contributed by atoms with Crippen molar-refractivity contribution in [2.24, 2.45) is 0 Å². The van der Waals surface area contributed by atoms with Crippen LogP contribution in [0.2, 0.25) is 0 Å². The molecule has 4 aromatic rings. The summed E-state index contributed by atoms with van der Waals surface area (Å²) in [4.78, 5) is 33.1. The molecule has 11 heteroatoms. The Labute approximate surface area is 165 Å². The standard InChI is InChI=1S/C17H11N5O4S2/c1-9-13(16-19-14(21-26-16)12-7-4-8-27-12)28-17(18-9)20-15(23)10-5-2-3-6-11(10)22(24)25/h2-8H,1H3,(H,18,20,23). The van der Waals surface area contributed by atoms with Crippen LogP contribution in [-0.2, 0) is 0 Å². The molecule has 0 saturated carbocycles. The van der Waals surface area contributed by atoms with Gasteiger partial charge in [-0.3, -0.25) is 20.2 Å². The molecule has 0 unspecified atom stereocenters. The van der Waals surface area contributed by atoms with Crippen molar-refractivity contribution in [1.82, 2.24) is 15.1 Å². The summed E-state index contributed by atoms with van der Waals surface area (Å²) in [5.41, 5.74) is 0.287. The molecule has 0 aliphatic rings. The van der Waals surface area contributed by atoms with Crippen molar-refractivity contribution in [1.29, 1.82) is 0 Å². The number of anilines is 1. The number of aryl methyl sites for hydroxylation is 1. The van der Waals surface area contributed by atoms with Crippen molar-refractivity contribution in [2.75, 3.05) is 5.32 Å². The van der Waals surface area contributed by atoms with Gasteiger partial charge in [0.15, 0.2) is 5.13 Å². The molecule has 0 spiro atoms. The normalized spacial score (nSPS) is 10.8. The third-order valence-electron chi connectivity index (χ3n) is 3.72. The Balaban J connectivity index is 1.59. The van der Waals surface area contributed by atoms with Gasteiger partial charge in [-0.25, -0.2) is 4.98 Å². The lowest BCUT2D eigenvalue weighted by Gasteiger charge is -2.02. The van der Waals surface area contributed by atoms with Crippen LogP contribution in [0, 0.1) is 17.0 Å². The van der Waals surface area contributed by atoms with E-state index < -0.39 is 10.8 Å². The predicted molar refractivity (Wildman–Crippen MR) is 105 cm³/mol. The molecular formula is C17H11N5O4S2. The van der Waals surface area contributed by atoms with Crippen LogP contribution in [0.25, 0.3) is 21.5 Å². The first kappa shape index (κ1) is 17.9. The fourth-order valence-corrected chi connectivity index (χ4v) is 3.99. The number of hydrogen-bond acceptors (Lipinski definition) is 9. The van der Waals surface area contributed by atoms with Crippen LogP contribution in [0.5, 0.6) is 0 Å². The third kappa shape index (κ3) is 3.40. The second-order valence-electron chi connectivity index (χ2n) is 5.56. The van der Waals surface area contributed by atoms with Gasteiger partial charge < -0.3 is 4.52 Å². The number of aromatic nitrogens is 3. The van der Waals surface area contributed by atoms with Gasteiger partial charge in [-0.2, -0.15) is 4.98 Å². The summed E-state index contributed by atoms with van der Waals surface area (Å²) in [5.74, 6) is 0.158. The molecule has 0 saturated heterocycles. The monoisotopic (exact) mass is 413 g/mol. The third-order valence-corrected chi connectivity index (χ3v) is 5.65. The highest BCUT2D eigenvalue weighted by Gasteiger charge is 2.22. The summed E-state index contributed by atoms with van der Waals surface area (Å²) >= 11 is 2.65. The van der Waals surface area contributed by atoms with Gasteiger partial charge in [-0.05, 0) is 24.4 Å². The van der Waals surface area contributed by atoms with Crippen LogP contribution in [-0.4, -0.2) is 26.0 Å². The minimum absolute atomic E-state index is 0.0420. The summed E-state index contributed by atoms with van der Waals surface area (Å²) in [5, 5.41) is 19.9. The van der Waals surface area contributed by atoms with Gasteiger partial charge >= 0.3 is 0 Å². The van der Waals surface area contributed by atoms with Gasteiger partial charge in [-0.1, -0.05) is 34.7 Å². The van der Waals surface area contributed by atoms with Crippen LogP contribution in [0.3, 0.4) is 0 Å². The molecule has 3 aromatic heterocycles. The number of carbonyl (C=O) groups excluding carboxylic acids is 1. The second kappa shape index (κ2) is 7.29. The van der Waals surface area contributed by atoms with E-state index in [2.05, 4.69) is 20.4 Å². The van der Waals surface area contributed by atoms with Crippen LogP contribution in [0.4, 0.5) is 10.8 Å².